The predicted octanol–water partition coefficient (Wildman–Crippen LogP) is 3.22. The summed E-state index contributed by atoms with van der Waals surface area (Å²) in [5.74, 6) is 2.14. The molecule has 0 spiro atoms. The van der Waals surface area contributed by atoms with Gasteiger partial charge < -0.3 is 10.3 Å². The number of hydrogen-bond donors (Lipinski definition) is 1. The molecular formula is C17H23N3O. The quantitative estimate of drug-likeness (QED) is 0.936. The molecule has 4 heteroatoms. The topological polar surface area (TPSA) is 64.9 Å². The van der Waals surface area contributed by atoms with Crippen LogP contribution in [0.1, 0.15) is 49.9 Å². The molecule has 0 amide bonds. The first-order chi connectivity index (χ1) is 10.2. The Labute approximate surface area is 125 Å². The van der Waals surface area contributed by atoms with Crippen molar-refractivity contribution in [2.75, 3.05) is 0 Å². The molecule has 1 saturated carbocycles. The van der Waals surface area contributed by atoms with Crippen LogP contribution < -0.4 is 5.73 Å². The summed E-state index contributed by atoms with van der Waals surface area (Å²) in [6, 6.07) is 10.4. The van der Waals surface area contributed by atoms with E-state index in [4.69, 9.17) is 10.3 Å². The lowest BCUT2D eigenvalue weighted by molar-refractivity contribution is 0.230. The number of rotatable bonds is 4. The smallest absolute Gasteiger partial charge is 0.227 e. The van der Waals surface area contributed by atoms with Gasteiger partial charge in [-0.15, -0.1) is 0 Å². The van der Waals surface area contributed by atoms with Crippen molar-refractivity contribution in [2.45, 2.75) is 51.0 Å². The van der Waals surface area contributed by atoms with E-state index in [0.29, 0.717) is 11.7 Å². The zero-order chi connectivity index (χ0) is 14.7. The van der Waals surface area contributed by atoms with Crippen LogP contribution in [-0.2, 0) is 18.4 Å². The van der Waals surface area contributed by atoms with E-state index in [9.17, 15) is 0 Å². The fraction of sp³-hybridized carbons (Fsp3) is 0.529. The highest BCUT2D eigenvalue weighted by Gasteiger charge is 2.36. The summed E-state index contributed by atoms with van der Waals surface area (Å²) >= 11 is 0. The summed E-state index contributed by atoms with van der Waals surface area (Å²) in [4.78, 5) is 4.54. The molecule has 1 aliphatic carbocycles. The fourth-order valence-electron chi connectivity index (χ4n) is 2.96. The summed E-state index contributed by atoms with van der Waals surface area (Å²) in [6.07, 6.45) is 5.87. The lowest BCUT2D eigenvalue weighted by atomic mass is 9.77. The van der Waals surface area contributed by atoms with Crippen LogP contribution in [0.3, 0.4) is 0 Å². The van der Waals surface area contributed by atoms with Crippen molar-refractivity contribution < 1.29 is 4.52 Å². The van der Waals surface area contributed by atoms with E-state index in [-0.39, 0.29) is 5.54 Å². The minimum Gasteiger partial charge on any atom is -0.339 e. The van der Waals surface area contributed by atoms with Gasteiger partial charge in [0.2, 0.25) is 5.89 Å². The van der Waals surface area contributed by atoms with Crippen molar-refractivity contribution in [3.63, 3.8) is 0 Å². The van der Waals surface area contributed by atoms with Crippen molar-refractivity contribution in [1.29, 1.82) is 0 Å². The van der Waals surface area contributed by atoms with E-state index in [1.165, 1.54) is 5.56 Å². The van der Waals surface area contributed by atoms with Gasteiger partial charge in [0, 0.05) is 6.42 Å². The van der Waals surface area contributed by atoms with Gasteiger partial charge in [-0.05, 0) is 43.6 Å². The van der Waals surface area contributed by atoms with E-state index in [0.717, 1.165) is 44.4 Å². The van der Waals surface area contributed by atoms with E-state index >= 15 is 0 Å². The highest BCUT2D eigenvalue weighted by atomic mass is 16.5. The number of benzene rings is 1. The van der Waals surface area contributed by atoms with Crippen LogP contribution in [0.15, 0.2) is 34.9 Å². The molecule has 0 radical (unpaired) electrons. The molecule has 1 heterocycles. The molecule has 21 heavy (non-hydrogen) atoms. The Morgan fingerprint density at radius 1 is 1.19 bits per heavy atom. The standard InChI is InChI=1S/C17H23N3O/c1-13-9-11-17(18,12-10-13)16-19-15(21-20-16)8-7-14-5-3-2-4-6-14/h2-6,13H,7-12,18H2,1H3. The zero-order valence-corrected chi connectivity index (χ0v) is 12.6. The average Bonchev–Trinajstić information content (AvgIpc) is 2.99. The average molecular weight is 285 g/mol. The zero-order valence-electron chi connectivity index (χ0n) is 12.6. The predicted molar refractivity (Wildman–Crippen MR) is 81.6 cm³/mol. The molecule has 3 rings (SSSR count). The van der Waals surface area contributed by atoms with E-state index in [1.807, 2.05) is 18.2 Å². The van der Waals surface area contributed by atoms with E-state index in [2.05, 4.69) is 29.2 Å². The van der Waals surface area contributed by atoms with Crippen LogP contribution in [0.4, 0.5) is 0 Å². The molecule has 0 unspecified atom stereocenters. The maximum Gasteiger partial charge on any atom is 0.227 e. The van der Waals surface area contributed by atoms with Gasteiger partial charge >= 0.3 is 0 Å². The van der Waals surface area contributed by atoms with Gasteiger partial charge in [0.25, 0.3) is 0 Å². The Hall–Kier alpha value is -1.68. The monoisotopic (exact) mass is 285 g/mol. The summed E-state index contributed by atoms with van der Waals surface area (Å²) in [6.45, 7) is 2.28. The molecule has 0 atom stereocenters. The number of hydrogen-bond acceptors (Lipinski definition) is 4. The van der Waals surface area contributed by atoms with Crippen LogP contribution in [-0.4, -0.2) is 10.1 Å². The lowest BCUT2D eigenvalue weighted by Crippen LogP contribution is -2.41. The Morgan fingerprint density at radius 2 is 1.90 bits per heavy atom. The molecular weight excluding hydrogens is 262 g/mol. The van der Waals surface area contributed by atoms with Crippen LogP contribution in [0.25, 0.3) is 0 Å². The molecule has 1 aromatic heterocycles. The van der Waals surface area contributed by atoms with Gasteiger partial charge in [-0.2, -0.15) is 4.98 Å². The summed E-state index contributed by atoms with van der Waals surface area (Å²) in [5.41, 5.74) is 7.37. The molecule has 1 aromatic carbocycles. The van der Waals surface area contributed by atoms with Crippen LogP contribution in [0, 0.1) is 5.92 Å². The Kier molecular flexibility index (Phi) is 4.06. The second-order valence-electron chi connectivity index (χ2n) is 6.34. The van der Waals surface area contributed by atoms with Crippen molar-refractivity contribution >= 4 is 0 Å². The van der Waals surface area contributed by atoms with E-state index < -0.39 is 0 Å². The molecule has 0 bridgehead atoms. The van der Waals surface area contributed by atoms with Crippen molar-refractivity contribution in [3.05, 3.63) is 47.6 Å². The molecule has 4 nitrogen and oxygen atoms in total. The second kappa shape index (κ2) is 5.98. The first-order valence-corrected chi connectivity index (χ1v) is 7.81. The minimum absolute atomic E-state index is 0.388. The Morgan fingerprint density at radius 3 is 2.62 bits per heavy atom. The fourth-order valence-corrected chi connectivity index (χ4v) is 2.96. The molecule has 0 saturated heterocycles. The third-order valence-corrected chi connectivity index (χ3v) is 4.55. The molecule has 2 aromatic rings. The molecule has 1 aliphatic rings. The van der Waals surface area contributed by atoms with Gasteiger partial charge in [-0.3, -0.25) is 0 Å². The third-order valence-electron chi connectivity index (χ3n) is 4.55. The van der Waals surface area contributed by atoms with Crippen molar-refractivity contribution in [3.8, 4) is 0 Å². The second-order valence-corrected chi connectivity index (χ2v) is 6.34. The highest BCUT2D eigenvalue weighted by Crippen LogP contribution is 2.35. The number of aromatic nitrogens is 2. The van der Waals surface area contributed by atoms with Gasteiger partial charge in [-0.1, -0.05) is 42.4 Å². The number of nitrogens with two attached hydrogens (primary N) is 1. The maximum absolute atomic E-state index is 6.48. The van der Waals surface area contributed by atoms with Crippen LogP contribution in [0.5, 0.6) is 0 Å². The van der Waals surface area contributed by atoms with Gasteiger partial charge in [0.1, 0.15) is 0 Å². The molecule has 1 fully saturated rings. The SMILES string of the molecule is CC1CCC(N)(c2noc(CCc3ccccc3)n2)CC1. The summed E-state index contributed by atoms with van der Waals surface area (Å²) < 4.78 is 5.39. The van der Waals surface area contributed by atoms with Gasteiger partial charge in [-0.25, -0.2) is 0 Å². The number of nitrogens with zero attached hydrogens (tertiary/aromatic N) is 2. The molecule has 112 valence electrons. The molecule has 0 aliphatic heterocycles. The van der Waals surface area contributed by atoms with Crippen LogP contribution >= 0.6 is 0 Å². The van der Waals surface area contributed by atoms with Crippen molar-refractivity contribution in [1.82, 2.24) is 10.1 Å². The largest absolute Gasteiger partial charge is 0.339 e. The first-order valence-electron chi connectivity index (χ1n) is 7.81. The normalized spacial score (nSPS) is 25.9. The summed E-state index contributed by atoms with van der Waals surface area (Å²) in [7, 11) is 0. The van der Waals surface area contributed by atoms with Gasteiger partial charge in [0.05, 0.1) is 5.54 Å². The van der Waals surface area contributed by atoms with Gasteiger partial charge in [0.15, 0.2) is 5.82 Å². The first kappa shape index (κ1) is 14.3. The minimum atomic E-state index is -0.388. The molecule has 2 N–H and O–H groups in total. The highest BCUT2D eigenvalue weighted by molar-refractivity contribution is 5.15. The van der Waals surface area contributed by atoms with Crippen molar-refractivity contribution in [2.24, 2.45) is 11.7 Å². The third kappa shape index (κ3) is 3.32. The maximum atomic E-state index is 6.48. The lowest BCUT2D eigenvalue weighted by Gasteiger charge is -2.33. The van der Waals surface area contributed by atoms with Crippen LogP contribution in [0.2, 0.25) is 0 Å². The number of aryl methyl sites for hydroxylation is 2. The van der Waals surface area contributed by atoms with E-state index in [1.54, 1.807) is 0 Å². The Balaban J connectivity index is 1.63. The Bertz CT molecular complexity index is 571. The summed E-state index contributed by atoms with van der Waals surface area (Å²) in [5, 5.41) is 4.14.